The first kappa shape index (κ1) is 17.7. The molecule has 0 saturated heterocycles. The van der Waals surface area contributed by atoms with Crippen LogP contribution in [0.15, 0.2) is 51.7 Å². The normalized spacial score (nSPS) is 10.7. The van der Waals surface area contributed by atoms with Crippen LogP contribution in [0, 0.1) is 13.8 Å². The molecule has 0 spiro atoms. The molecule has 1 N–H and O–H groups in total. The standard InChI is InChI=1S/C21H21NO4/c1-13-7-8-17-14(2)18(21(24)26-19(17)11-13)9-10-20(23)22-15-5-4-6-16(12-15)25-3/h4-8,11-12H,9-10H2,1-3H3,(H,22,23). The highest BCUT2D eigenvalue weighted by molar-refractivity contribution is 5.91. The Bertz CT molecular complexity index is 1020. The summed E-state index contributed by atoms with van der Waals surface area (Å²) in [5.41, 5.74) is 3.30. The zero-order valence-electron chi connectivity index (χ0n) is 15.1. The molecule has 0 bridgehead atoms. The van der Waals surface area contributed by atoms with Crippen molar-refractivity contribution >= 4 is 22.6 Å². The minimum atomic E-state index is -0.380. The minimum absolute atomic E-state index is 0.166. The van der Waals surface area contributed by atoms with E-state index in [0.717, 1.165) is 16.5 Å². The van der Waals surface area contributed by atoms with Gasteiger partial charge in [0, 0.05) is 29.1 Å². The molecule has 3 rings (SSSR count). The Morgan fingerprint density at radius 1 is 1.15 bits per heavy atom. The van der Waals surface area contributed by atoms with Crippen LogP contribution in [0.25, 0.3) is 11.0 Å². The van der Waals surface area contributed by atoms with Gasteiger partial charge in [0.05, 0.1) is 7.11 Å². The molecule has 0 unspecified atom stereocenters. The number of ether oxygens (including phenoxy) is 1. The van der Waals surface area contributed by atoms with Gasteiger partial charge >= 0.3 is 5.63 Å². The third kappa shape index (κ3) is 3.77. The van der Waals surface area contributed by atoms with Crippen molar-refractivity contribution in [2.75, 3.05) is 12.4 Å². The van der Waals surface area contributed by atoms with Gasteiger partial charge in [-0.2, -0.15) is 0 Å². The molecule has 26 heavy (non-hydrogen) atoms. The number of carbonyl (C=O) groups is 1. The fraction of sp³-hybridized carbons (Fsp3) is 0.238. The molecular weight excluding hydrogens is 330 g/mol. The zero-order valence-corrected chi connectivity index (χ0v) is 15.1. The summed E-state index contributed by atoms with van der Waals surface area (Å²) >= 11 is 0. The molecule has 0 aliphatic carbocycles. The van der Waals surface area contributed by atoms with Crippen molar-refractivity contribution in [1.82, 2.24) is 0 Å². The number of rotatable bonds is 5. The van der Waals surface area contributed by atoms with Crippen molar-refractivity contribution in [2.45, 2.75) is 26.7 Å². The minimum Gasteiger partial charge on any atom is -0.497 e. The van der Waals surface area contributed by atoms with Gasteiger partial charge in [0.2, 0.25) is 5.91 Å². The van der Waals surface area contributed by atoms with E-state index in [4.69, 9.17) is 9.15 Å². The first-order valence-electron chi connectivity index (χ1n) is 8.45. The first-order valence-corrected chi connectivity index (χ1v) is 8.45. The highest BCUT2D eigenvalue weighted by Crippen LogP contribution is 2.22. The van der Waals surface area contributed by atoms with Gasteiger partial charge in [0.25, 0.3) is 0 Å². The topological polar surface area (TPSA) is 68.5 Å². The number of nitrogens with one attached hydrogen (secondary N) is 1. The van der Waals surface area contributed by atoms with Crippen LogP contribution in [-0.4, -0.2) is 13.0 Å². The number of anilines is 1. The van der Waals surface area contributed by atoms with Crippen LogP contribution in [0.3, 0.4) is 0 Å². The summed E-state index contributed by atoms with van der Waals surface area (Å²) < 4.78 is 10.6. The van der Waals surface area contributed by atoms with Crippen LogP contribution in [0.2, 0.25) is 0 Å². The molecule has 0 atom stereocenters. The largest absolute Gasteiger partial charge is 0.497 e. The number of amides is 1. The van der Waals surface area contributed by atoms with Gasteiger partial charge in [-0.1, -0.05) is 18.2 Å². The van der Waals surface area contributed by atoms with E-state index in [1.807, 2.05) is 32.0 Å². The Morgan fingerprint density at radius 2 is 1.96 bits per heavy atom. The van der Waals surface area contributed by atoms with Crippen LogP contribution in [0.4, 0.5) is 5.69 Å². The van der Waals surface area contributed by atoms with Crippen molar-refractivity contribution in [3.05, 3.63) is 69.6 Å². The first-order chi connectivity index (χ1) is 12.5. The Morgan fingerprint density at radius 3 is 2.73 bits per heavy atom. The number of carbonyl (C=O) groups excluding carboxylic acids is 1. The number of benzene rings is 2. The van der Waals surface area contributed by atoms with Gasteiger partial charge in [0.15, 0.2) is 0 Å². The third-order valence-corrected chi connectivity index (χ3v) is 4.40. The SMILES string of the molecule is COc1cccc(NC(=O)CCc2c(C)c3ccc(C)cc3oc2=O)c1. The summed E-state index contributed by atoms with van der Waals surface area (Å²) in [6.45, 7) is 3.84. The highest BCUT2D eigenvalue weighted by Gasteiger charge is 2.13. The molecule has 134 valence electrons. The summed E-state index contributed by atoms with van der Waals surface area (Å²) in [7, 11) is 1.57. The maximum atomic E-state index is 12.3. The van der Waals surface area contributed by atoms with Crippen molar-refractivity contribution in [1.29, 1.82) is 0 Å². The van der Waals surface area contributed by atoms with E-state index >= 15 is 0 Å². The maximum Gasteiger partial charge on any atom is 0.339 e. The summed E-state index contributed by atoms with van der Waals surface area (Å²) in [5, 5.41) is 3.72. The fourth-order valence-corrected chi connectivity index (χ4v) is 2.95. The van der Waals surface area contributed by atoms with Crippen LogP contribution >= 0.6 is 0 Å². The van der Waals surface area contributed by atoms with Gasteiger partial charge in [0.1, 0.15) is 11.3 Å². The van der Waals surface area contributed by atoms with E-state index in [-0.39, 0.29) is 18.0 Å². The second-order valence-corrected chi connectivity index (χ2v) is 6.27. The summed E-state index contributed by atoms with van der Waals surface area (Å²) in [4.78, 5) is 24.5. The second-order valence-electron chi connectivity index (χ2n) is 6.27. The number of hydrogen-bond donors (Lipinski definition) is 1. The molecule has 5 nitrogen and oxygen atoms in total. The molecule has 0 radical (unpaired) electrons. The summed E-state index contributed by atoms with van der Waals surface area (Å²) in [6.07, 6.45) is 0.522. The van der Waals surface area contributed by atoms with Gasteiger partial charge < -0.3 is 14.5 Å². The lowest BCUT2D eigenvalue weighted by molar-refractivity contribution is -0.116. The highest BCUT2D eigenvalue weighted by atomic mass is 16.5. The van der Waals surface area contributed by atoms with Crippen LogP contribution in [0.5, 0.6) is 5.75 Å². The average molecular weight is 351 g/mol. The van der Waals surface area contributed by atoms with E-state index in [9.17, 15) is 9.59 Å². The number of aryl methyl sites for hydroxylation is 2. The molecule has 0 fully saturated rings. The van der Waals surface area contributed by atoms with Gasteiger partial charge in [-0.25, -0.2) is 4.79 Å². The van der Waals surface area contributed by atoms with Gasteiger partial charge in [-0.3, -0.25) is 4.79 Å². The van der Waals surface area contributed by atoms with Crippen LogP contribution < -0.4 is 15.7 Å². The van der Waals surface area contributed by atoms with Crippen molar-refractivity contribution in [3.8, 4) is 5.75 Å². The molecule has 1 amide bonds. The van der Waals surface area contributed by atoms with Crippen LogP contribution in [0.1, 0.15) is 23.1 Å². The van der Waals surface area contributed by atoms with Crippen molar-refractivity contribution in [2.24, 2.45) is 0 Å². The average Bonchev–Trinajstić information content (AvgIpc) is 2.61. The van der Waals surface area contributed by atoms with Crippen LogP contribution in [-0.2, 0) is 11.2 Å². The monoisotopic (exact) mass is 351 g/mol. The molecule has 0 aliphatic heterocycles. The van der Waals surface area contributed by atoms with Gasteiger partial charge in [-0.15, -0.1) is 0 Å². The Labute approximate surface area is 151 Å². The summed E-state index contributed by atoms with van der Waals surface area (Å²) in [6, 6.07) is 12.9. The zero-order chi connectivity index (χ0) is 18.7. The number of methoxy groups -OCH3 is 1. The second kappa shape index (κ2) is 7.44. The predicted molar refractivity (Wildman–Crippen MR) is 102 cm³/mol. The number of hydrogen-bond acceptors (Lipinski definition) is 4. The molecule has 1 aromatic heterocycles. The lowest BCUT2D eigenvalue weighted by atomic mass is 10.0. The summed E-state index contributed by atoms with van der Waals surface area (Å²) in [5.74, 6) is 0.505. The van der Waals surface area contributed by atoms with Gasteiger partial charge in [-0.05, 0) is 49.6 Å². The Balaban J connectivity index is 1.75. The molecule has 1 heterocycles. The van der Waals surface area contributed by atoms with E-state index < -0.39 is 0 Å². The lowest BCUT2D eigenvalue weighted by Gasteiger charge is -2.09. The van der Waals surface area contributed by atoms with E-state index in [1.165, 1.54) is 0 Å². The molecule has 3 aromatic rings. The predicted octanol–water partition coefficient (Wildman–Crippen LogP) is 3.99. The Kier molecular flexibility index (Phi) is 5.07. The number of fused-ring (bicyclic) bond motifs is 1. The Hall–Kier alpha value is -3.08. The van der Waals surface area contributed by atoms with E-state index in [0.29, 0.717) is 29.0 Å². The molecule has 5 heteroatoms. The maximum absolute atomic E-state index is 12.3. The molecule has 0 saturated carbocycles. The van der Waals surface area contributed by atoms with E-state index in [2.05, 4.69) is 5.32 Å². The fourth-order valence-electron chi connectivity index (χ4n) is 2.95. The molecule has 0 aliphatic rings. The smallest absolute Gasteiger partial charge is 0.339 e. The van der Waals surface area contributed by atoms with Crippen molar-refractivity contribution in [3.63, 3.8) is 0 Å². The lowest BCUT2D eigenvalue weighted by Crippen LogP contribution is -2.16. The quantitative estimate of drug-likeness (QED) is 0.706. The van der Waals surface area contributed by atoms with Crippen molar-refractivity contribution < 1.29 is 13.9 Å². The molecule has 2 aromatic carbocycles. The van der Waals surface area contributed by atoms with E-state index in [1.54, 1.807) is 31.4 Å². The third-order valence-electron chi connectivity index (χ3n) is 4.40. The molecular formula is C21H21NO4.